The molecule has 134 valence electrons. The molecular weight excluding hydrogens is 274 g/mol. The largest absolute Gasteiger partial charge is 0.389 e. The van der Waals surface area contributed by atoms with Gasteiger partial charge in [-0.1, -0.05) is 78.1 Å². The van der Waals surface area contributed by atoms with Crippen LogP contribution in [0.5, 0.6) is 0 Å². The summed E-state index contributed by atoms with van der Waals surface area (Å²) in [5, 5.41) is 19.8. The van der Waals surface area contributed by atoms with Crippen molar-refractivity contribution in [3.8, 4) is 0 Å². The predicted octanol–water partition coefficient (Wildman–Crippen LogP) is 4.71. The summed E-state index contributed by atoms with van der Waals surface area (Å²) in [6.07, 6.45) is 13.8. The molecule has 22 heavy (non-hydrogen) atoms. The van der Waals surface area contributed by atoms with Crippen LogP contribution in [0.4, 0.5) is 0 Å². The number of aliphatic hydroxyl groups is 2. The van der Waals surface area contributed by atoms with Crippen LogP contribution in [0.1, 0.15) is 97.8 Å². The van der Waals surface area contributed by atoms with Crippen molar-refractivity contribution in [3.63, 3.8) is 0 Å². The summed E-state index contributed by atoms with van der Waals surface area (Å²) in [5.74, 6) is 0. The maximum Gasteiger partial charge on any atom is 0.133 e. The van der Waals surface area contributed by atoms with Gasteiger partial charge in [-0.25, -0.2) is 0 Å². The molecule has 2 atom stereocenters. The molecule has 0 saturated heterocycles. The lowest BCUT2D eigenvalue weighted by Crippen LogP contribution is -2.43. The lowest BCUT2D eigenvalue weighted by Gasteiger charge is -2.29. The Morgan fingerprint density at radius 3 is 1.36 bits per heavy atom. The quantitative estimate of drug-likeness (QED) is 0.320. The zero-order valence-corrected chi connectivity index (χ0v) is 15.4. The average molecular weight is 316 g/mol. The zero-order valence-electron chi connectivity index (χ0n) is 15.4. The minimum Gasteiger partial charge on any atom is -0.389 e. The van der Waals surface area contributed by atoms with E-state index in [0.717, 1.165) is 25.9 Å². The highest BCUT2D eigenvalue weighted by molar-refractivity contribution is 4.67. The van der Waals surface area contributed by atoms with E-state index in [2.05, 4.69) is 18.7 Å². The minimum atomic E-state index is -0.703. The van der Waals surface area contributed by atoms with Gasteiger partial charge in [0.25, 0.3) is 0 Å². The van der Waals surface area contributed by atoms with Crippen LogP contribution in [0.2, 0.25) is 0 Å². The van der Waals surface area contributed by atoms with Gasteiger partial charge in [-0.05, 0) is 19.8 Å². The van der Waals surface area contributed by atoms with Gasteiger partial charge in [0.15, 0.2) is 0 Å². The maximum absolute atomic E-state index is 10.1. The summed E-state index contributed by atoms with van der Waals surface area (Å²) < 4.78 is 0. The number of aliphatic hydroxyl groups excluding tert-OH is 2. The molecule has 0 aromatic heterocycles. The summed E-state index contributed by atoms with van der Waals surface area (Å²) in [7, 11) is 0. The van der Waals surface area contributed by atoms with Gasteiger partial charge in [-0.15, -0.1) is 0 Å². The molecule has 2 N–H and O–H groups in total. The molecule has 0 saturated carbocycles. The number of hydrogen-bond acceptors (Lipinski definition) is 3. The third-order valence-electron chi connectivity index (χ3n) is 4.40. The van der Waals surface area contributed by atoms with Crippen molar-refractivity contribution in [3.05, 3.63) is 0 Å². The van der Waals surface area contributed by atoms with E-state index >= 15 is 0 Å². The van der Waals surface area contributed by atoms with E-state index in [1.54, 1.807) is 6.92 Å². The van der Waals surface area contributed by atoms with Gasteiger partial charge in [-0.2, -0.15) is 0 Å². The van der Waals surface area contributed by atoms with Gasteiger partial charge < -0.3 is 10.2 Å². The minimum absolute atomic E-state index is 0.666. The molecule has 3 heteroatoms. The molecule has 0 heterocycles. The smallest absolute Gasteiger partial charge is 0.133 e. The first kappa shape index (κ1) is 21.9. The molecule has 0 aromatic carbocycles. The summed E-state index contributed by atoms with van der Waals surface area (Å²) in [5.41, 5.74) is 0. The number of hydrogen-bond donors (Lipinski definition) is 2. The van der Waals surface area contributed by atoms with E-state index in [9.17, 15) is 10.2 Å². The van der Waals surface area contributed by atoms with Gasteiger partial charge >= 0.3 is 0 Å². The van der Waals surface area contributed by atoms with E-state index in [1.807, 2.05) is 0 Å². The fourth-order valence-electron chi connectivity index (χ4n) is 2.87. The first-order chi connectivity index (χ1) is 10.6. The van der Waals surface area contributed by atoms with E-state index < -0.39 is 12.3 Å². The Hall–Kier alpha value is -0.120. The van der Waals surface area contributed by atoms with Gasteiger partial charge in [-0.3, -0.25) is 4.90 Å². The van der Waals surface area contributed by atoms with Gasteiger partial charge in [0.1, 0.15) is 6.23 Å². The summed E-state index contributed by atoms with van der Waals surface area (Å²) in [6.45, 7) is 7.98. The predicted molar refractivity (Wildman–Crippen MR) is 96.0 cm³/mol. The second-order valence-corrected chi connectivity index (χ2v) is 6.73. The first-order valence-corrected chi connectivity index (χ1v) is 9.73. The van der Waals surface area contributed by atoms with Gasteiger partial charge in [0, 0.05) is 13.1 Å². The molecule has 0 aliphatic rings. The van der Waals surface area contributed by atoms with Crippen molar-refractivity contribution in [1.29, 1.82) is 0 Å². The molecular formula is C19H41NO2. The van der Waals surface area contributed by atoms with Crippen molar-refractivity contribution >= 4 is 0 Å². The van der Waals surface area contributed by atoms with Crippen molar-refractivity contribution in [2.24, 2.45) is 0 Å². The second kappa shape index (κ2) is 15.8. The van der Waals surface area contributed by atoms with Crippen molar-refractivity contribution < 1.29 is 10.2 Å². The molecule has 0 fully saturated rings. The van der Waals surface area contributed by atoms with Crippen LogP contribution in [-0.2, 0) is 0 Å². The van der Waals surface area contributed by atoms with Crippen LogP contribution in [0.15, 0.2) is 0 Å². The SMILES string of the molecule is CCCCCCCCN(CCCCCCCC)C(O)C(C)O. The Labute approximate surface area is 139 Å². The zero-order chi connectivity index (χ0) is 16.6. The molecule has 0 aliphatic heterocycles. The number of unbranched alkanes of at least 4 members (excludes halogenated alkanes) is 10. The lowest BCUT2D eigenvalue weighted by atomic mass is 10.1. The average Bonchev–Trinajstić information content (AvgIpc) is 2.51. The fraction of sp³-hybridized carbons (Fsp3) is 1.00. The van der Waals surface area contributed by atoms with Gasteiger partial charge in [0.2, 0.25) is 0 Å². The monoisotopic (exact) mass is 315 g/mol. The Morgan fingerprint density at radius 1 is 0.636 bits per heavy atom. The second-order valence-electron chi connectivity index (χ2n) is 6.73. The summed E-state index contributed by atoms with van der Waals surface area (Å²) in [6, 6.07) is 0. The van der Waals surface area contributed by atoms with Crippen LogP contribution in [-0.4, -0.2) is 40.5 Å². The molecule has 3 nitrogen and oxygen atoms in total. The fourth-order valence-corrected chi connectivity index (χ4v) is 2.87. The van der Waals surface area contributed by atoms with Gasteiger partial charge in [0.05, 0.1) is 6.10 Å². The van der Waals surface area contributed by atoms with E-state index in [0.29, 0.717) is 0 Å². The molecule has 2 unspecified atom stereocenters. The Balaban J connectivity index is 3.85. The summed E-state index contributed by atoms with van der Waals surface area (Å²) in [4.78, 5) is 2.07. The molecule has 0 aromatic rings. The van der Waals surface area contributed by atoms with Crippen LogP contribution in [0, 0.1) is 0 Å². The maximum atomic E-state index is 10.1. The number of rotatable bonds is 16. The third-order valence-corrected chi connectivity index (χ3v) is 4.40. The normalized spacial score (nSPS) is 14.5. The number of nitrogens with zero attached hydrogens (tertiary/aromatic N) is 1. The van der Waals surface area contributed by atoms with Crippen LogP contribution in [0.25, 0.3) is 0 Å². The van der Waals surface area contributed by atoms with Crippen molar-refractivity contribution in [1.82, 2.24) is 4.90 Å². The topological polar surface area (TPSA) is 43.7 Å². The van der Waals surface area contributed by atoms with Crippen LogP contribution >= 0.6 is 0 Å². The van der Waals surface area contributed by atoms with E-state index in [-0.39, 0.29) is 0 Å². The van der Waals surface area contributed by atoms with Crippen LogP contribution in [0.3, 0.4) is 0 Å². The van der Waals surface area contributed by atoms with E-state index in [1.165, 1.54) is 64.2 Å². The standard InChI is InChI=1S/C19H41NO2/c1-4-6-8-10-12-14-16-20(19(22)18(3)21)17-15-13-11-9-7-5-2/h18-19,21-22H,4-17H2,1-3H3. The molecule has 0 radical (unpaired) electrons. The first-order valence-electron chi connectivity index (χ1n) is 9.73. The molecule has 0 spiro atoms. The highest BCUT2D eigenvalue weighted by atomic mass is 16.3. The van der Waals surface area contributed by atoms with Crippen molar-refractivity contribution in [2.75, 3.05) is 13.1 Å². The third kappa shape index (κ3) is 12.4. The highest BCUT2D eigenvalue weighted by Crippen LogP contribution is 2.11. The summed E-state index contributed by atoms with van der Waals surface area (Å²) >= 11 is 0. The van der Waals surface area contributed by atoms with E-state index in [4.69, 9.17) is 0 Å². The molecule has 0 amide bonds. The molecule has 0 aliphatic carbocycles. The lowest BCUT2D eigenvalue weighted by molar-refractivity contribution is -0.0767. The van der Waals surface area contributed by atoms with Crippen molar-refractivity contribution in [2.45, 2.75) is 110 Å². The molecule has 0 bridgehead atoms. The Morgan fingerprint density at radius 2 is 1.00 bits per heavy atom. The molecule has 0 rings (SSSR count). The Kier molecular flexibility index (Phi) is 15.7. The Bertz CT molecular complexity index is 205. The van der Waals surface area contributed by atoms with Crippen LogP contribution < -0.4 is 0 Å². The highest BCUT2D eigenvalue weighted by Gasteiger charge is 2.19.